The molecule has 2 N–H and O–H groups in total. The molecule has 3 nitrogen and oxygen atoms in total. The van der Waals surface area contributed by atoms with Gasteiger partial charge in [-0.25, -0.2) is 0 Å². The summed E-state index contributed by atoms with van der Waals surface area (Å²) in [5.74, 6) is 0.837. The Hall–Kier alpha value is -1.09. The largest absolute Gasteiger partial charge is 0.326 e. The highest BCUT2D eigenvalue weighted by molar-refractivity contribution is 5.26. The molecule has 0 aliphatic heterocycles. The molecule has 1 atom stereocenters. The molecule has 0 spiro atoms. The van der Waals surface area contributed by atoms with Gasteiger partial charge in [0.05, 0.1) is 0 Å². The second-order valence-electron chi connectivity index (χ2n) is 6.75. The number of hydrogen-bond donors (Lipinski definition) is 2. The third kappa shape index (κ3) is 5.31. The molecule has 0 aromatic carbocycles. The van der Waals surface area contributed by atoms with Crippen LogP contribution < -0.4 is 10.9 Å². The van der Waals surface area contributed by atoms with E-state index in [1.807, 2.05) is 6.07 Å². The molecule has 0 amide bonds. The number of aromatic amines is 1. The Labute approximate surface area is 128 Å². The zero-order valence-electron chi connectivity index (χ0n) is 13.6. The summed E-state index contributed by atoms with van der Waals surface area (Å²) in [7, 11) is 0. The van der Waals surface area contributed by atoms with E-state index in [1.54, 1.807) is 6.07 Å². The van der Waals surface area contributed by atoms with E-state index in [1.165, 1.54) is 50.5 Å². The predicted octanol–water partition coefficient (Wildman–Crippen LogP) is 3.95. The average Bonchev–Trinajstić information content (AvgIpc) is 2.45. The van der Waals surface area contributed by atoms with Crippen LogP contribution in [0, 0.1) is 5.92 Å². The Balaban J connectivity index is 1.69. The molecule has 1 unspecified atom stereocenters. The summed E-state index contributed by atoms with van der Waals surface area (Å²) in [5.41, 5.74) is 2.48. The first kappa shape index (κ1) is 16.3. The maximum atomic E-state index is 11.4. The smallest absolute Gasteiger partial charge is 0.248 e. The standard InChI is InChI=1S/C18H30N2O/c1-14(2)8-5-3-4-6-13-19-16-9-7-10-17-15(16)11-12-18(21)20-17/h11-12,14,16,19H,3-10,13H2,1-2H3,(H,20,21). The number of aromatic nitrogens is 1. The highest BCUT2D eigenvalue weighted by atomic mass is 16.1. The van der Waals surface area contributed by atoms with E-state index in [0.29, 0.717) is 6.04 Å². The lowest BCUT2D eigenvalue weighted by Gasteiger charge is -2.26. The van der Waals surface area contributed by atoms with Crippen molar-refractivity contribution < 1.29 is 0 Å². The van der Waals surface area contributed by atoms with Crippen LogP contribution in [0.25, 0.3) is 0 Å². The number of aryl methyl sites for hydroxylation is 1. The molecule has 1 aliphatic rings. The Morgan fingerprint density at radius 2 is 2.05 bits per heavy atom. The molecular formula is C18H30N2O. The maximum absolute atomic E-state index is 11.4. The first-order chi connectivity index (χ1) is 10.2. The number of nitrogens with one attached hydrogen (secondary N) is 2. The van der Waals surface area contributed by atoms with Crippen molar-refractivity contribution >= 4 is 0 Å². The minimum absolute atomic E-state index is 0.0274. The van der Waals surface area contributed by atoms with Crippen molar-refractivity contribution in [3.63, 3.8) is 0 Å². The fraction of sp³-hybridized carbons (Fsp3) is 0.722. The monoisotopic (exact) mass is 290 g/mol. The quantitative estimate of drug-likeness (QED) is 0.712. The van der Waals surface area contributed by atoms with Crippen molar-refractivity contribution in [1.82, 2.24) is 10.3 Å². The molecule has 0 saturated heterocycles. The average molecular weight is 290 g/mol. The van der Waals surface area contributed by atoms with Crippen LogP contribution in [0.4, 0.5) is 0 Å². The molecular weight excluding hydrogens is 260 g/mol. The van der Waals surface area contributed by atoms with Crippen molar-refractivity contribution in [2.75, 3.05) is 6.54 Å². The minimum atomic E-state index is 0.0274. The number of unbranched alkanes of at least 4 members (excludes halogenated alkanes) is 3. The molecule has 1 aromatic rings. The molecule has 1 aliphatic carbocycles. The van der Waals surface area contributed by atoms with Gasteiger partial charge in [0.25, 0.3) is 0 Å². The van der Waals surface area contributed by atoms with E-state index < -0.39 is 0 Å². The third-order valence-corrected chi connectivity index (χ3v) is 4.43. The number of fused-ring (bicyclic) bond motifs is 1. The predicted molar refractivity (Wildman–Crippen MR) is 88.7 cm³/mol. The Kier molecular flexibility index (Phi) is 6.50. The zero-order valence-corrected chi connectivity index (χ0v) is 13.6. The molecule has 1 aromatic heterocycles. The van der Waals surface area contributed by atoms with Crippen molar-refractivity contribution in [3.8, 4) is 0 Å². The lowest BCUT2D eigenvalue weighted by Crippen LogP contribution is -2.28. The van der Waals surface area contributed by atoms with Crippen molar-refractivity contribution in [2.45, 2.75) is 71.3 Å². The van der Waals surface area contributed by atoms with Gasteiger partial charge in [0.2, 0.25) is 5.56 Å². The normalized spacial score (nSPS) is 18.0. The van der Waals surface area contributed by atoms with E-state index in [9.17, 15) is 4.79 Å². The van der Waals surface area contributed by atoms with E-state index in [2.05, 4.69) is 24.1 Å². The molecule has 3 heteroatoms. The van der Waals surface area contributed by atoms with Crippen LogP contribution in [0.1, 0.15) is 76.1 Å². The van der Waals surface area contributed by atoms with Gasteiger partial charge in [-0.3, -0.25) is 4.79 Å². The maximum Gasteiger partial charge on any atom is 0.248 e. The molecule has 0 saturated carbocycles. The first-order valence-electron chi connectivity index (χ1n) is 8.62. The lowest BCUT2D eigenvalue weighted by atomic mass is 9.91. The number of H-pyrrole nitrogens is 1. The van der Waals surface area contributed by atoms with Crippen LogP contribution in [-0.2, 0) is 6.42 Å². The SMILES string of the molecule is CC(C)CCCCCCNC1CCCc2[nH]c(=O)ccc21. The Morgan fingerprint density at radius 3 is 2.86 bits per heavy atom. The summed E-state index contributed by atoms with van der Waals surface area (Å²) >= 11 is 0. The molecule has 0 fully saturated rings. The third-order valence-electron chi connectivity index (χ3n) is 4.43. The summed E-state index contributed by atoms with van der Waals surface area (Å²) in [6.45, 7) is 5.68. The molecule has 118 valence electrons. The van der Waals surface area contributed by atoms with Gasteiger partial charge in [0.1, 0.15) is 0 Å². The van der Waals surface area contributed by atoms with E-state index in [-0.39, 0.29) is 5.56 Å². The van der Waals surface area contributed by atoms with Gasteiger partial charge in [0, 0.05) is 17.8 Å². The second kappa shape index (κ2) is 8.38. The summed E-state index contributed by atoms with van der Waals surface area (Å²) in [6.07, 6.45) is 10.0. The highest BCUT2D eigenvalue weighted by Crippen LogP contribution is 2.27. The fourth-order valence-corrected chi connectivity index (χ4v) is 3.22. The van der Waals surface area contributed by atoms with Crippen LogP contribution in [0.15, 0.2) is 16.9 Å². The number of rotatable bonds is 8. The van der Waals surface area contributed by atoms with Crippen LogP contribution in [0.3, 0.4) is 0 Å². The first-order valence-corrected chi connectivity index (χ1v) is 8.62. The molecule has 21 heavy (non-hydrogen) atoms. The Morgan fingerprint density at radius 1 is 1.24 bits per heavy atom. The molecule has 1 heterocycles. The highest BCUT2D eigenvalue weighted by Gasteiger charge is 2.19. The molecule has 2 rings (SSSR count). The zero-order chi connectivity index (χ0) is 15.1. The van der Waals surface area contributed by atoms with E-state index >= 15 is 0 Å². The van der Waals surface area contributed by atoms with Crippen molar-refractivity contribution in [3.05, 3.63) is 33.7 Å². The fourth-order valence-electron chi connectivity index (χ4n) is 3.22. The van der Waals surface area contributed by atoms with Crippen LogP contribution in [0.5, 0.6) is 0 Å². The van der Waals surface area contributed by atoms with E-state index in [4.69, 9.17) is 0 Å². The molecule has 0 radical (unpaired) electrons. The van der Waals surface area contributed by atoms with Gasteiger partial charge in [0.15, 0.2) is 0 Å². The van der Waals surface area contributed by atoms with Gasteiger partial charge >= 0.3 is 0 Å². The number of pyridine rings is 1. The van der Waals surface area contributed by atoms with Crippen LogP contribution in [-0.4, -0.2) is 11.5 Å². The van der Waals surface area contributed by atoms with Crippen LogP contribution >= 0.6 is 0 Å². The van der Waals surface area contributed by atoms with Gasteiger partial charge in [-0.15, -0.1) is 0 Å². The van der Waals surface area contributed by atoms with Gasteiger partial charge in [-0.1, -0.05) is 45.6 Å². The summed E-state index contributed by atoms with van der Waals surface area (Å²) < 4.78 is 0. The van der Waals surface area contributed by atoms with E-state index in [0.717, 1.165) is 24.6 Å². The van der Waals surface area contributed by atoms with Gasteiger partial charge in [-0.05, 0) is 43.7 Å². The summed E-state index contributed by atoms with van der Waals surface area (Å²) in [5, 5.41) is 3.67. The second-order valence-corrected chi connectivity index (χ2v) is 6.75. The van der Waals surface area contributed by atoms with Gasteiger partial charge < -0.3 is 10.3 Å². The Bertz CT molecular complexity index is 478. The van der Waals surface area contributed by atoms with Gasteiger partial charge in [-0.2, -0.15) is 0 Å². The summed E-state index contributed by atoms with van der Waals surface area (Å²) in [6, 6.07) is 4.10. The number of hydrogen-bond acceptors (Lipinski definition) is 2. The minimum Gasteiger partial charge on any atom is -0.326 e. The topological polar surface area (TPSA) is 44.9 Å². The molecule has 0 bridgehead atoms. The van der Waals surface area contributed by atoms with Crippen molar-refractivity contribution in [1.29, 1.82) is 0 Å². The lowest BCUT2D eigenvalue weighted by molar-refractivity contribution is 0.440. The van der Waals surface area contributed by atoms with Crippen molar-refractivity contribution in [2.24, 2.45) is 5.92 Å². The van der Waals surface area contributed by atoms with Crippen LogP contribution in [0.2, 0.25) is 0 Å². The summed E-state index contributed by atoms with van der Waals surface area (Å²) in [4.78, 5) is 14.4.